The molecule has 0 aromatic rings. The van der Waals surface area contributed by atoms with Crippen LogP contribution in [-0.2, 0) is 9.53 Å². The first-order chi connectivity index (χ1) is 11.7. The maximum absolute atomic E-state index is 12.7. The highest BCUT2D eigenvalue weighted by Crippen LogP contribution is 2.68. The van der Waals surface area contributed by atoms with Gasteiger partial charge in [0.15, 0.2) is 0 Å². The third-order valence-electron chi connectivity index (χ3n) is 8.68. The Bertz CT molecular complexity index is 561. The van der Waals surface area contributed by atoms with Crippen molar-refractivity contribution in [2.75, 3.05) is 0 Å². The van der Waals surface area contributed by atoms with Gasteiger partial charge in [0.2, 0.25) is 0 Å². The third-order valence-corrected chi connectivity index (χ3v) is 8.68. The van der Waals surface area contributed by atoms with Crippen LogP contribution in [0.1, 0.15) is 79.1 Å². The number of hydrogen-bond donors (Lipinski definition) is 0. The molecule has 5 saturated carbocycles. The van der Waals surface area contributed by atoms with E-state index >= 15 is 0 Å². The Morgan fingerprint density at radius 3 is 2.28 bits per heavy atom. The number of hydrogen-bond acceptors (Lipinski definition) is 2. The molecule has 2 heteroatoms. The van der Waals surface area contributed by atoms with Gasteiger partial charge in [0.25, 0.3) is 0 Å². The number of ether oxygens (including phenoxy) is 1. The van der Waals surface area contributed by atoms with Crippen LogP contribution in [0, 0.1) is 40.9 Å². The highest BCUT2D eigenvalue weighted by atomic mass is 16.6. The van der Waals surface area contributed by atoms with Gasteiger partial charge in [-0.3, -0.25) is 0 Å². The third kappa shape index (κ3) is 2.61. The summed E-state index contributed by atoms with van der Waals surface area (Å²) in [5.41, 5.74) is 0.857. The van der Waals surface area contributed by atoms with E-state index in [0.717, 1.165) is 11.8 Å². The van der Waals surface area contributed by atoms with E-state index in [2.05, 4.69) is 27.4 Å². The van der Waals surface area contributed by atoms with Crippen LogP contribution in [0.5, 0.6) is 0 Å². The molecule has 0 aromatic carbocycles. The van der Waals surface area contributed by atoms with Crippen molar-refractivity contribution in [2.45, 2.75) is 84.7 Å². The van der Waals surface area contributed by atoms with Gasteiger partial charge in [-0.15, -0.1) is 0 Å². The summed E-state index contributed by atoms with van der Waals surface area (Å²) in [6.45, 7) is 13.0. The first-order valence-electron chi connectivity index (χ1n) is 10.6. The largest absolute Gasteiger partial charge is 0.455 e. The molecule has 5 atom stereocenters. The molecular weight excluding hydrogens is 308 g/mol. The molecule has 0 N–H and O–H groups in total. The fourth-order valence-corrected chi connectivity index (χ4v) is 7.71. The van der Waals surface area contributed by atoms with Crippen LogP contribution in [-0.4, -0.2) is 11.6 Å². The van der Waals surface area contributed by atoms with E-state index < -0.39 is 0 Å². The average Bonchev–Trinajstić information content (AvgIpc) is 2.52. The van der Waals surface area contributed by atoms with Crippen molar-refractivity contribution in [2.24, 2.45) is 40.9 Å². The molecule has 0 aromatic heterocycles. The van der Waals surface area contributed by atoms with Crippen molar-refractivity contribution < 1.29 is 9.53 Å². The number of carbonyl (C=O) groups excluding carboxylic acids is 1. The summed E-state index contributed by atoms with van der Waals surface area (Å²) in [6.07, 6.45) is 10.4. The van der Waals surface area contributed by atoms with Gasteiger partial charge in [0.1, 0.15) is 5.60 Å². The zero-order valence-corrected chi connectivity index (χ0v) is 16.6. The summed E-state index contributed by atoms with van der Waals surface area (Å²) in [4.78, 5) is 12.7. The lowest BCUT2D eigenvalue weighted by Crippen LogP contribution is -2.66. The summed E-state index contributed by atoms with van der Waals surface area (Å²) >= 11 is 0. The molecule has 5 unspecified atom stereocenters. The second-order valence-electron chi connectivity index (χ2n) is 10.6. The molecule has 0 amide bonds. The van der Waals surface area contributed by atoms with Gasteiger partial charge in [-0.25, -0.2) is 4.79 Å². The summed E-state index contributed by atoms with van der Waals surface area (Å²) in [6, 6.07) is 0. The molecule has 0 saturated heterocycles. The van der Waals surface area contributed by atoms with E-state index in [0.29, 0.717) is 34.7 Å². The quantitative estimate of drug-likeness (QED) is 0.480. The van der Waals surface area contributed by atoms with Crippen LogP contribution < -0.4 is 0 Å². The first kappa shape index (κ1) is 17.6. The Morgan fingerprint density at radius 2 is 1.72 bits per heavy atom. The minimum absolute atomic E-state index is 0.136. The van der Waals surface area contributed by atoms with Gasteiger partial charge >= 0.3 is 5.97 Å². The normalized spacial score (nSPS) is 51.4. The van der Waals surface area contributed by atoms with E-state index in [4.69, 9.17) is 4.74 Å². The average molecular weight is 345 g/mol. The predicted octanol–water partition coefficient (Wildman–Crippen LogP) is 5.76. The molecule has 4 bridgehead atoms. The standard InChI is InChI=1S/C23H36O2/c1-14(2)21(24)25-23(20-8-6-7-15(3)16(20)4)18-9-17-10-19(23)13-22(5,11-17)12-18/h15-20H,1,6-13H2,2-5H3. The van der Waals surface area contributed by atoms with Crippen molar-refractivity contribution in [3.8, 4) is 0 Å². The van der Waals surface area contributed by atoms with Gasteiger partial charge in [-0.1, -0.05) is 40.2 Å². The summed E-state index contributed by atoms with van der Waals surface area (Å²) in [7, 11) is 0. The molecule has 0 heterocycles. The molecule has 5 fully saturated rings. The Morgan fingerprint density at radius 1 is 1.08 bits per heavy atom. The Kier molecular flexibility index (Phi) is 4.13. The lowest BCUT2D eigenvalue weighted by Gasteiger charge is -2.67. The van der Waals surface area contributed by atoms with Crippen molar-refractivity contribution in [3.05, 3.63) is 12.2 Å². The molecule has 5 aliphatic rings. The lowest BCUT2D eigenvalue weighted by molar-refractivity contribution is -0.251. The molecule has 5 rings (SSSR count). The van der Waals surface area contributed by atoms with Gasteiger partial charge in [0.05, 0.1) is 0 Å². The van der Waals surface area contributed by atoms with Crippen LogP contribution in [0.15, 0.2) is 12.2 Å². The van der Waals surface area contributed by atoms with E-state index in [9.17, 15) is 4.79 Å². The van der Waals surface area contributed by atoms with Crippen LogP contribution in [0.25, 0.3) is 0 Å². The van der Waals surface area contributed by atoms with Gasteiger partial charge in [-0.2, -0.15) is 0 Å². The Balaban J connectivity index is 1.75. The second-order valence-corrected chi connectivity index (χ2v) is 10.6. The lowest BCUT2D eigenvalue weighted by atomic mass is 9.41. The maximum atomic E-state index is 12.7. The van der Waals surface area contributed by atoms with Crippen molar-refractivity contribution >= 4 is 5.97 Å². The molecule has 25 heavy (non-hydrogen) atoms. The minimum atomic E-state index is -0.208. The number of esters is 1. The predicted molar refractivity (Wildman–Crippen MR) is 101 cm³/mol. The molecule has 0 aliphatic heterocycles. The van der Waals surface area contributed by atoms with E-state index in [1.807, 2.05) is 0 Å². The SMILES string of the molecule is C=C(C)C(=O)OC1(C2CCCC(C)C2C)C2CC3CC1CC(C)(C3)C2. The van der Waals surface area contributed by atoms with Gasteiger partial charge < -0.3 is 4.74 Å². The molecule has 5 aliphatic carbocycles. The van der Waals surface area contributed by atoms with E-state index in [1.54, 1.807) is 6.92 Å². The van der Waals surface area contributed by atoms with Gasteiger partial charge in [-0.05, 0) is 68.6 Å². The minimum Gasteiger partial charge on any atom is -0.455 e. The molecular formula is C23H36O2. The van der Waals surface area contributed by atoms with Crippen LogP contribution in [0.4, 0.5) is 0 Å². The number of carbonyl (C=O) groups is 1. The summed E-state index contributed by atoms with van der Waals surface area (Å²) in [5, 5.41) is 0. The molecule has 2 nitrogen and oxygen atoms in total. The monoisotopic (exact) mass is 344 g/mol. The Labute approximate surface area is 153 Å². The second kappa shape index (κ2) is 5.86. The van der Waals surface area contributed by atoms with Crippen molar-refractivity contribution in [1.29, 1.82) is 0 Å². The fourth-order valence-electron chi connectivity index (χ4n) is 7.71. The zero-order chi connectivity index (χ0) is 18.0. The maximum Gasteiger partial charge on any atom is 0.333 e. The van der Waals surface area contributed by atoms with Crippen molar-refractivity contribution in [3.63, 3.8) is 0 Å². The van der Waals surface area contributed by atoms with Crippen LogP contribution in [0.3, 0.4) is 0 Å². The van der Waals surface area contributed by atoms with Crippen LogP contribution >= 0.6 is 0 Å². The smallest absolute Gasteiger partial charge is 0.333 e. The highest BCUT2D eigenvalue weighted by molar-refractivity contribution is 5.87. The Hall–Kier alpha value is -0.790. The van der Waals surface area contributed by atoms with E-state index in [1.165, 1.54) is 51.4 Å². The first-order valence-corrected chi connectivity index (χ1v) is 10.6. The number of rotatable bonds is 3. The summed E-state index contributed by atoms with van der Waals surface area (Å²) < 4.78 is 6.54. The van der Waals surface area contributed by atoms with Crippen molar-refractivity contribution in [1.82, 2.24) is 0 Å². The molecule has 0 radical (unpaired) electrons. The van der Waals surface area contributed by atoms with Crippen LogP contribution in [0.2, 0.25) is 0 Å². The highest BCUT2D eigenvalue weighted by Gasteiger charge is 2.66. The summed E-state index contributed by atoms with van der Waals surface area (Å²) in [5.74, 6) is 3.82. The molecule has 0 spiro atoms. The topological polar surface area (TPSA) is 26.3 Å². The zero-order valence-electron chi connectivity index (χ0n) is 16.6. The molecule has 140 valence electrons. The van der Waals surface area contributed by atoms with E-state index in [-0.39, 0.29) is 11.6 Å². The fraction of sp³-hybridized carbons (Fsp3) is 0.870. The van der Waals surface area contributed by atoms with Gasteiger partial charge in [0, 0.05) is 23.3 Å².